The fraction of sp³-hybridized carbons (Fsp3) is 0.0526. The van der Waals surface area contributed by atoms with Crippen molar-refractivity contribution in [2.45, 2.75) is 6.61 Å². The van der Waals surface area contributed by atoms with Crippen molar-refractivity contribution in [2.24, 2.45) is 4.99 Å². The summed E-state index contributed by atoms with van der Waals surface area (Å²) in [5.41, 5.74) is 2.35. The third kappa shape index (κ3) is 4.13. The van der Waals surface area contributed by atoms with E-state index in [-0.39, 0.29) is 15.8 Å². The number of carbonyl (C=O) groups excluding carboxylic acids is 1. The zero-order valence-electron chi connectivity index (χ0n) is 12.6. The molecule has 1 aliphatic rings. The Hall–Kier alpha value is -2.36. The number of ether oxygens (including phenoxy) is 1. The van der Waals surface area contributed by atoms with Gasteiger partial charge < -0.3 is 4.74 Å². The second-order valence-corrected chi connectivity index (χ2v) is 5.93. The molecule has 0 fully saturated rings. The molecular weight excluding hydrogens is 345 g/mol. The summed E-state index contributed by atoms with van der Waals surface area (Å²) in [7, 11) is 0. The Labute approximate surface area is 149 Å². The number of benzene rings is 2. The molecule has 5 heteroatoms. The third-order valence-electron chi connectivity index (χ3n) is 3.33. The highest BCUT2D eigenvalue weighted by Gasteiger charge is 2.17. The summed E-state index contributed by atoms with van der Waals surface area (Å²) in [6.07, 6.45) is 2.99. The number of allylic oxidation sites excluding steroid dienone is 4. The third-order valence-corrected chi connectivity index (χ3v) is 3.89. The second kappa shape index (κ2) is 7.47. The topological polar surface area (TPSA) is 38.7 Å². The molecule has 0 heterocycles. The van der Waals surface area contributed by atoms with Crippen LogP contribution in [0.3, 0.4) is 0 Å². The molecule has 2 aromatic rings. The first-order chi connectivity index (χ1) is 11.6. The van der Waals surface area contributed by atoms with E-state index in [0.29, 0.717) is 18.0 Å². The molecule has 0 N–H and O–H groups in total. The number of hydrogen-bond donors (Lipinski definition) is 0. The molecule has 0 spiro atoms. The Balaban J connectivity index is 1.69. The second-order valence-electron chi connectivity index (χ2n) is 5.12. The van der Waals surface area contributed by atoms with Gasteiger partial charge in [-0.25, -0.2) is 4.99 Å². The molecule has 0 saturated carbocycles. The van der Waals surface area contributed by atoms with E-state index < -0.39 is 0 Å². The zero-order valence-corrected chi connectivity index (χ0v) is 14.1. The number of hydrogen-bond acceptors (Lipinski definition) is 3. The maximum atomic E-state index is 11.5. The van der Waals surface area contributed by atoms with Gasteiger partial charge in [0.05, 0.1) is 21.5 Å². The predicted octanol–water partition coefficient (Wildman–Crippen LogP) is 5.17. The average Bonchev–Trinajstić information content (AvgIpc) is 2.60. The molecule has 0 radical (unpaired) electrons. The first kappa shape index (κ1) is 16.5. The lowest BCUT2D eigenvalue weighted by molar-refractivity contribution is -0.111. The highest BCUT2D eigenvalue weighted by atomic mass is 35.5. The number of carbonyl (C=O) groups is 1. The number of Topliss-reactive ketones (excluding diaryl/α,β-unsaturated/α-hetero) is 1. The lowest BCUT2D eigenvalue weighted by Gasteiger charge is -2.07. The molecule has 3 nitrogen and oxygen atoms in total. The lowest BCUT2D eigenvalue weighted by atomic mass is 10.1. The molecule has 0 unspecified atom stereocenters. The van der Waals surface area contributed by atoms with Crippen LogP contribution in [0.5, 0.6) is 5.75 Å². The minimum atomic E-state index is -0.387. The standard InChI is InChI=1S/C19H13Cl2NO2/c20-17-10-15(11-18(21)19(17)23)22-14-6-8-16(9-7-14)24-12-13-4-2-1-3-5-13/h1-11H,12H2. The zero-order chi connectivity index (χ0) is 16.9. The summed E-state index contributed by atoms with van der Waals surface area (Å²) in [5.74, 6) is 0.366. The maximum Gasteiger partial charge on any atom is 0.215 e. The van der Waals surface area contributed by atoms with Crippen LogP contribution in [0, 0.1) is 0 Å². The predicted molar refractivity (Wildman–Crippen MR) is 97.2 cm³/mol. The van der Waals surface area contributed by atoms with E-state index in [1.807, 2.05) is 54.6 Å². The van der Waals surface area contributed by atoms with Crippen molar-refractivity contribution in [1.82, 2.24) is 0 Å². The first-order valence-electron chi connectivity index (χ1n) is 7.26. The lowest BCUT2D eigenvalue weighted by Crippen LogP contribution is -2.07. The van der Waals surface area contributed by atoms with Crippen LogP contribution >= 0.6 is 23.2 Å². The van der Waals surface area contributed by atoms with Gasteiger partial charge in [-0.2, -0.15) is 0 Å². The van der Waals surface area contributed by atoms with Crippen molar-refractivity contribution in [1.29, 1.82) is 0 Å². The Bertz CT molecular complexity index is 813. The van der Waals surface area contributed by atoms with Crippen LogP contribution in [0.4, 0.5) is 5.69 Å². The largest absolute Gasteiger partial charge is 0.489 e. The van der Waals surface area contributed by atoms with Crippen molar-refractivity contribution in [3.05, 3.63) is 82.4 Å². The van der Waals surface area contributed by atoms with E-state index in [1.165, 1.54) is 12.2 Å². The molecule has 3 rings (SSSR count). The van der Waals surface area contributed by atoms with Crippen molar-refractivity contribution < 1.29 is 9.53 Å². The summed E-state index contributed by atoms with van der Waals surface area (Å²) in [6.45, 7) is 0.507. The molecule has 0 aromatic heterocycles. The number of ketones is 1. The minimum Gasteiger partial charge on any atom is -0.489 e. The summed E-state index contributed by atoms with van der Waals surface area (Å²) in [6, 6.07) is 17.3. The van der Waals surface area contributed by atoms with Gasteiger partial charge in [0.2, 0.25) is 5.78 Å². The smallest absolute Gasteiger partial charge is 0.215 e. The van der Waals surface area contributed by atoms with E-state index in [9.17, 15) is 4.79 Å². The van der Waals surface area contributed by atoms with Gasteiger partial charge in [-0.15, -0.1) is 0 Å². The Morgan fingerprint density at radius 2 is 1.50 bits per heavy atom. The van der Waals surface area contributed by atoms with Crippen LogP contribution < -0.4 is 4.74 Å². The maximum absolute atomic E-state index is 11.5. The molecule has 120 valence electrons. The number of nitrogens with zero attached hydrogens (tertiary/aromatic N) is 1. The molecule has 2 aromatic carbocycles. The molecule has 0 aliphatic heterocycles. The van der Waals surface area contributed by atoms with Crippen LogP contribution in [0.15, 0.2) is 81.8 Å². The van der Waals surface area contributed by atoms with E-state index in [2.05, 4.69) is 4.99 Å². The van der Waals surface area contributed by atoms with Gasteiger partial charge in [-0.05, 0) is 42.0 Å². The Morgan fingerprint density at radius 3 is 2.12 bits per heavy atom. The summed E-state index contributed by atoms with van der Waals surface area (Å²) >= 11 is 11.7. The quantitative estimate of drug-likeness (QED) is 0.708. The summed E-state index contributed by atoms with van der Waals surface area (Å²) in [4.78, 5) is 15.9. The number of aliphatic imine (C=N–C) groups is 1. The number of rotatable bonds is 4. The first-order valence-corrected chi connectivity index (χ1v) is 8.02. The van der Waals surface area contributed by atoms with Gasteiger partial charge in [0, 0.05) is 0 Å². The van der Waals surface area contributed by atoms with E-state index in [4.69, 9.17) is 27.9 Å². The normalized spacial score (nSPS) is 14.1. The van der Waals surface area contributed by atoms with Gasteiger partial charge in [0.25, 0.3) is 0 Å². The van der Waals surface area contributed by atoms with Gasteiger partial charge in [0.15, 0.2) is 0 Å². The van der Waals surface area contributed by atoms with Crippen molar-refractivity contribution in [2.75, 3.05) is 0 Å². The summed E-state index contributed by atoms with van der Waals surface area (Å²) in [5, 5.41) is 0.119. The van der Waals surface area contributed by atoms with Crippen LogP contribution in [0.2, 0.25) is 0 Å². The molecule has 0 amide bonds. The minimum absolute atomic E-state index is 0.0593. The van der Waals surface area contributed by atoms with Gasteiger partial charge in [-0.1, -0.05) is 53.5 Å². The van der Waals surface area contributed by atoms with Gasteiger partial charge >= 0.3 is 0 Å². The molecule has 1 aliphatic carbocycles. The van der Waals surface area contributed by atoms with Crippen molar-refractivity contribution in [3.8, 4) is 5.75 Å². The van der Waals surface area contributed by atoms with Crippen LogP contribution in [-0.2, 0) is 11.4 Å². The SMILES string of the molecule is O=C1C(Cl)=CC(=Nc2ccc(OCc3ccccc3)cc2)C=C1Cl. The Kier molecular flexibility index (Phi) is 5.14. The molecule has 0 atom stereocenters. The van der Waals surface area contributed by atoms with Crippen molar-refractivity contribution in [3.63, 3.8) is 0 Å². The average molecular weight is 358 g/mol. The molecule has 0 saturated heterocycles. The van der Waals surface area contributed by atoms with Crippen LogP contribution in [-0.4, -0.2) is 11.5 Å². The monoisotopic (exact) mass is 357 g/mol. The highest BCUT2D eigenvalue weighted by Crippen LogP contribution is 2.23. The number of halogens is 2. The fourth-order valence-electron chi connectivity index (χ4n) is 2.12. The van der Waals surface area contributed by atoms with Crippen molar-refractivity contribution >= 4 is 40.4 Å². The molecule has 24 heavy (non-hydrogen) atoms. The van der Waals surface area contributed by atoms with Gasteiger partial charge in [0.1, 0.15) is 12.4 Å². The van der Waals surface area contributed by atoms with Crippen LogP contribution in [0.1, 0.15) is 5.56 Å². The Morgan fingerprint density at radius 1 is 0.875 bits per heavy atom. The fourth-order valence-corrected chi connectivity index (χ4v) is 2.59. The van der Waals surface area contributed by atoms with E-state index >= 15 is 0 Å². The summed E-state index contributed by atoms with van der Waals surface area (Å²) < 4.78 is 5.73. The molecule has 0 bridgehead atoms. The van der Waals surface area contributed by atoms with Gasteiger partial charge in [-0.3, -0.25) is 4.79 Å². The van der Waals surface area contributed by atoms with E-state index in [1.54, 1.807) is 0 Å². The molecular formula is C19H13Cl2NO2. The van der Waals surface area contributed by atoms with E-state index in [0.717, 1.165) is 11.3 Å². The van der Waals surface area contributed by atoms with Crippen LogP contribution in [0.25, 0.3) is 0 Å². The highest BCUT2D eigenvalue weighted by molar-refractivity contribution is 6.57.